The molecular weight excluding hydrogens is 300 g/mol. The minimum atomic E-state index is -0.382. The van der Waals surface area contributed by atoms with E-state index < -0.39 is 0 Å². The molecule has 1 aliphatic rings. The molecule has 2 aromatic rings. The molecule has 2 N–H and O–H groups in total. The van der Waals surface area contributed by atoms with Gasteiger partial charge in [-0.15, -0.1) is 0 Å². The normalized spacial score (nSPS) is 13.9. The number of primary amides is 1. The van der Waals surface area contributed by atoms with Crippen molar-refractivity contribution in [3.8, 4) is 5.75 Å². The van der Waals surface area contributed by atoms with Gasteiger partial charge in [-0.3, -0.25) is 9.69 Å². The van der Waals surface area contributed by atoms with Crippen LogP contribution in [0.15, 0.2) is 48.5 Å². The Balaban J connectivity index is 1.53. The second-order valence-electron chi connectivity index (χ2n) is 6.42. The summed E-state index contributed by atoms with van der Waals surface area (Å²) in [7, 11) is 0. The van der Waals surface area contributed by atoms with E-state index in [9.17, 15) is 4.79 Å². The van der Waals surface area contributed by atoms with Crippen LogP contribution in [-0.2, 0) is 6.54 Å². The van der Waals surface area contributed by atoms with Gasteiger partial charge in [-0.05, 0) is 49.6 Å². The number of nitrogens with two attached hydrogens (primary N) is 1. The number of nitrogens with zero attached hydrogens (tertiary/aromatic N) is 1. The summed E-state index contributed by atoms with van der Waals surface area (Å²) < 4.78 is 5.85. The molecule has 0 saturated heterocycles. The largest absolute Gasteiger partial charge is 0.492 e. The Kier molecular flexibility index (Phi) is 5.16. The standard InChI is InChI=1S/C20H24N2O2/c1-15-2-10-19(11-3-15)24-13-12-22(18-8-9-18)14-16-4-6-17(7-5-16)20(21)23/h2-7,10-11,18H,8-9,12-14H2,1H3,(H2,21,23). The fraction of sp³-hybridized carbons (Fsp3) is 0.350. The predicted molar refractivity (Wildman–Crippen MR) is 95.1 cm³/mol. The van der Waals surface area contributed by atoms with Crippen molar-refractivity contribution in [2.24, 2.45) is 5.73 Å². The minimum Gasteiger partial charge on any atom is -0.492 e. The molecule has 0 radical (unpaired) electrons. The number of benzene rings is 2. The van der Waals surface area contributed by atoms with Gasteiger partial charge >= 0.3 is 0 Å². The van der Waals surface area contributed by atoms with Crippen molar-refractivity contribution in [3.63, 3.8) is 0 Å². The zero-order valence-corrected chi connectivity index (χ0v) is 14.1. The van der Waals surface area contributed by atoms with E-state index in [0.717, 1.165) is 18.8 Å². The highest BCUT2D eigenvalue weighted by atomic mass is 16.5. The van der Waals surface area contributed by atoms with Crippen molar-refractivity contribution in [1.82, 2.24) is 4.90 Å². The number of aryl methyl sites for hydroxylation is 1. The molecule has 0 atom stereocenters. The number of carbonyl (C=O) groups excluding carboxylic acids is 1. The first-order chi connectivity index (χ1) is 11.6. The Hall–Kier alpha value is -2.33. The molecule has 4 nitrogen and oxygen atoms in total. The van der Waals surface area contributed by atoms with Crippen LogP contribution in [0.3, 0.4) is 0 Å². The van der Waals surface area contributed by atoms with Crippen molar-refractivity contribution >= 4 is 5.91 Å². The maximum absolute atomic E-state index is 11.1. The second kappa shape index (κ2) is 7.49. The zero-order chi connectivity index (χ0) is 16.9. The van der Waals surface area contributed by atoms with Crippen LogP contribution in [0.25, 0.3) is 0 Å². The molecule has 1 fully saturated rings. The Morgan fingerprint density at radius 2 is 1.79 bits per heavy atom. The van der Waals surface area contributed by atoms with Gasteiger partial charge in [0.1, 0.15) is 12.4 Å². The third-order valence-corrected chi connectivity index (χ3v) is 4.36. The average molecular weight is 324 g/mol. The summed E-state index contributed by atoms with van der Waals surface area (Å²) in [5.74, 6) is 0.536. The molecule has 24 heavy (non-hydrogen) atoms. The summed E-state index contributed by atoms with van der Waals surface area (Å²) in [5.41, 5.74) is 8.28. The zero-order valence-electron chi connectivity index (χ0n) is 14.1. The Bertz CT molecular complexity index is 676. The Morgan fingerprint density at radius 3 is 2.38 bits per heavy atom. The van der Waals surface area contributed by atoms with E-state index in [1.54, 1.807) is 12.1 Å². The van der Waals surface area contributed by atoms with E-state index in [4.69, 9.17) is 10.5 Å². The van der Waals surface area contributed by atoms with Gasteiger partial charge in [0.15, 0.2) is 0 Å². The lowest BCUT2D eigenvalue weighted by atomic mass is 10.1. The molecule has 1 saturated carbocycles. The van der Waals surface area contributed by atoms with Crippen LogP contribution in [0.2, 0.25) is 0 Å². The summed E-state index contributed by atoms with van der Waals surface area (Å²) in [6, 6.07) is 16.4. The van der Waals surface area contributed by atoms with Gasteiger partial charge in [-0.2, -0.15) is 0 Å². The van der Waals surface area contributed by atoms with Gasteiger partial charge in [-0.1, -0.05) is 29.8 Å². The van der Waals surface area contributed by atoms with Crippen molar-refractivity contribution in [2.75, 3.05) is 13.2 Å². The van der Waals surface area contributed by atoms with Crippen molar-refractivity contribution in [2.45, 2.75) is 32.4 Å². The third kappa shape index (κ3) is 4.59. The SMILES string of the molecule is Cc1ccc(OCCN(Cc2ccc(C(N)=O)cc2)C2CC2)cc1. The Morgan fingerprint density at radius 1 is 1.12 bits per heavy atom. The number of rotatable bonds is 8. The topological polar surface area (TPSA) is 55.6 Å². The van der Waals surface area contributed by atoms with Crippen molar-refractivity contribution in [1.29, 1.82) is 0 Å². The molecule has 0 bridgehead atoms. The molecular formula is C20H24N2O2. The van der Waals surface area contributed by atoms with E-state index in [2.05, 4.69) is 24.0 Å². The lowest BCUT2D eigenvalue weighted by molar-refractivity contribution is 0.100. The molecule has 3 rings (SSSR count). The summed E-state index contributed by atoms with van der Waals surface area (Å²) in [6.45, 7) is 4.53. The highest BCUT2D eigenvalue weighted by molar-refractivity contribution is 5.92. The van der Waals surface area contributed by atoms with E-state index >= 15 is 0 Å². The first kappa shape index (κ1) is 16.5. The number of hydrogen-bond acceptors (Lipinski definition) is 3. The summed E-state index contributed by atoms with van der Waals surface area (Å²) in [6.07, 6.45) is 2.51. The maximum atomic E-state index is 11.1. The van der Waals surface area contributed by atoms with E-state index in [1.807, 2.05) is 24.3 Å². The molecule has 0 unspecified atom stereocenters. The summed E-state index contributed by atoms with van der Waals surface area (Å²) in [5, 5.41) is 0. The van der Waals surface area contributed by atoms with Crippen LogP contribution in [0.4, 0.5) is 0 Å². The second-order valence-corrected chi connectivity index (χ2v) is 6.42. The average Bonchev–Trinajstić information content (AvgIpc) is 3.41. The number of carbonyl (C=O) groups is 1. The van der Waals surface area contributed by atoms with Gasteiger partial charge in [0, 0.05) is 24.7 Å². The number of amides is 1. The van der Waals surface area contributed by atoms with Crippen LogP contribution in [-0.4, -0.2) is 30.0 Å². The molecule has 4 heteroatoms. The van der Waals surface area contributed by atoms with Gasteiger partial charge in [0.2, 0.25) is 5.91 Å². The molecule has 2 aromatic carbocycles. The van der Waals surface area contributed by atoms with Crippen molar-refractivity contribution < 1.29 is 9.53 Å². The van der Waals surface area contributed by atoms with E-state index in [1.165, 1.54) is 24.0 Å². The number of hydrogen-bond donors (Lipinski definition) is 1. The quantitative estimate of drug-likeness (QED) is 0.811. The lowest BCUT2D eigenvalue weighted by Crippen LogP contribution is -2.30. The highest BCUT2D eigenvalue weighted by Gasteiger charge is 2.28. The highest BCUT2D eigenvalue weighted by Crippen LogP contribution is 2.28. The van der Waals surface area contributed by atoms with Crippen LogP contribution in [0.1, 0.15) is 34.3 Å². The molecule has 1 amide bonds. The predicted octanol–water partition coefficient (Wildman–Crippen LogP) is 3.14. The Labute approximate surface area is 143 Å². The fourth-order valence-electron chi connectivity index (χ4n) is 2.75. The van der Waals surface area contributed by atoms with E-state index in [0.29, 0.717) is 18.2 Å². The first-order valence-corrected chi connectivity index (χ1v) is 8.44. The van der Waals surface area contributed by atoms with Crippen LogP contribution in [0, 0.1) is 6.92 Å². The van der Waals surface area contributed by atoms with Crippen LogP contribution < -0.4 is 10.5 Å². The molecule has 0 spiro atoms. The van der Waals surface area contributed by atoms with Gasteiger partial charge in [0.25, 0.3) is 0 Å². The molecule has 0 aromatic heterocycles. The fourth-order valence-corrected chi connectivity index (χ4v) is 2.75. The lowest BCUT2D eigenvalue weighted by Gasteiger charge is -2.22. The maximum Gasteiger partial charge on any atom is 0.248 e. The first-order valence-electron chi connectivity index (χ1n) is 8.44. The minimum absolute atomic E-state index is 0.382. The molecule has 1 aliphatic carbocycles. The monoisotopic (exact) mass is 324 g/mol. The van der Waals surface area contributed by atoms with Crippen LogP contribution >= 0.6 is 0 Å². The third-order valence-electron chi connectivity index (χ3n) is 4.36. The van der Waals surface area contributed by atoms with E-state index in [-0.39, 0.29) is 5.91 Å². The van der Waals surface area contributed by atoms with Gasteiger partial charge in [-0.25, -0.2) is 0 Å². The van der Waals surface area contributed by atoms with Gasteiger partial charge < -0.3 is 10.5 Å². The van der Waals surface area contributed by atoms with Gasteiger partial charge in [0.05, 0.1) is 0 Å². The molecule has 0 aliphatic heterocycles. The summed E-state index contributed by atoms with van der Waals surface area (Å²) >= 11 is 0. The van der Waals surface area contributed by atoms with Crippen LogP contribution in [0.5, 0.6) is 5.75 Å². The molecule has 126 valence electrons. The molecule has 0 heterocycles. The number of ether oxygens (including phenoxy) is 1. The smallest absolute Gasteiger partial charge is 0.248 e. The summed E-state index contributed by atoms with van der Waals surface area (Å²) in [4.78, 5) is 13.6. The van der Waals surface area contributed by atoms with Crippen molar-refractivity contribution in [3.05, 3.63) is 65.2 Å².